The maximum Gasteiger partial charge on any atom is 0.272 e. The lowest BCUT2D eigenvalue weighted by Gasteiger charge is -2.26. The molecule has 0 radical (unpaired) electrons. The lowest BCUT2D eigenvalue weighted by atomic mass is 10.1. The normalized spacial score (nSPS) is 15.9. The summed E-state index contributed by atoms with van der Waals surface area (Å²) in [6.45, 7) is 4.86. The van der Waals surface area contributed by atoms with Gasteiger partial charge in [-0.25, -0.2) is 4.98 Å². The fraction of sp³-hybridized carbons (Fsp3) is 0.400. The third-order valence-electron chi connectivity index (χ3n) is 3.75. The molecule has 3 heterocycles. The number of hydrogen-bond donors (Lipinski definition) is 0. The fourth-order valence-electron chi connectivity index (χ4n) is 2.64. The van der Waals surface area contributed by atoms with Gasteiger partial charge < -0.3 is 4.90 Å². The van der Waals surface area contributed by atoms with Gasteiger partial charge in [-0.05, 0) is 25.5 Å². The van der Waals surface area contributed by atoms with Crippen molar-refractivity contribution in [3.8, 4) is 0 Å². The molecule has 104 valence electrons. The van der Waals surface area contributed by atoms with Crippen molar-refractivity contribution in [1.82, 2.24) is 14.3 Å². The van der Waals surface area contributed by atoms with Gasteiger partial charge in [-0.2, -0.15) is 0 Å². The van der Waals surface area contributed by atoms with Crippen molar-refractivity contribution < 1.29 is 9.59 Å². The Bertz CT molecular complexity index is 692. The second-order valence-corrected chi connectivity index (χ2v) is 5.31. The van der Waals surface area contributed by atoms with E-state index in [2.05, 4.69) is 4.98 Å². The van der Waals surface area contributed by atoms with Crippen molar-refractivity contribution in [2.75, 3.05) is 13.1 Å². The van der Waals surface area contributed by atoms with Gasteiger partial charge in [0.15, 0.2) is 0 Å². The molecular weight excluding hydrogens is 254 g/mol. The molecule has 5 nitrogen and oxygen atoms in total. The summed E-state index contributed by atoms with van der Waals surface area (Å²) in [5, 5.41) is 0. The molecule has 0 saturated carbocycles. The number of nitrogens with zero attached hydrogens (tertiary/aromatic N) is 3. The number of Topliss-reactive ketones (excluding diaryl/α,β-unsaturated/α-hetero) is 1. The summed E-state index contributed by atoms with van der Waals surface area (Å²) in [7, 11) is 0. The predicted octanol–water partition coefficient (Wildman–Crippen LogP) is 1.76. The van der Waals surface area contributed by atoms with Crippen molar-refractivity contribution in [1.29, 1.82) is 0 Å². The van der Waals surface area contributed by atoms with Gasteiger partial charge in [0.05, 0.1) is 5.69 Å². The average molecular weight is 271 g/mol. The second-order valence-electron chi connectivity index (χ2n) is 5.31. The highest BCUT2D eigenvalue weighted by molar-refractivity contribution is 5.95. The first-order valence-corrected chi connectivity index (χ1v) is 6.82. The SMILES string of the molecule is Cc1ccc2nc(C)c(C(=O)N3CCC(=O)CC3)n2c1. The van der Waals surface area contributed by atoms with Crippen molar-refractivity contribution in [3.05, 3.63) is 35.3 Å². The number of piperidine rings is 1. The van der Waals surface area contributed by atoms with Crippen LogP contribution in [-0.4, -0.2) is 39.1 Å². The maximum atomic E-state index is 12.7. The zero-order valence-corrected chi connectivity index (χ0v) is 11.7. The first-order valence-electron chi connectivity index (χ1n) is 6.82. The lowest BCUT2D eigenvalue weighted by Crippen LogP contribution is -2.39. The molecule has 3 rings (SSSR count). The Hall–Kier alpha value is -2.17. The van der Waals surface area contributed by atoms with Crippen LogP contribution in [0.1, 0.15) is 34.6 Å². The van der Waals surface area contributed by atoms with E-state index in [0.29, 0.717) is 31.6 Å². The predicted molar refractivity (Wildman–Crippen MR) is 74.8 cm³/mol. The van der Waals surface area contributed by atoms with Gasteiger partial charge in [-0.15, -0.1) is 0 Å². The minimum Gasteiger partial charge on any atom is -0.336 e. The molecule has 1 amide bonds. The number of aromatic nitrogens is 2. The van der Waals surface area contributed by atoms with Gasteiger partial charge in [0.1, 0.15) is 17.1 Å². The Morgan fingerprint density at radius 1 is 1.20 bits per heavy atom. The molecule has 1 aliphatic heterocycles. The molecule has 0 N–H and O–H groups in total. The highest BCUT2D eigenvalue weighted by atomic mass is 16.2. The van der Waals surface area contributed by atoms with E-state index in [9.17, 15) is 9.59 Å². The van der Waals surface area contributed by atoms with E-state index in [1.54, 1.807) is 4.90 Å². The van der Waals surface area contributed by atoms with Crippen LogP contribution in [-0.2, 0) is 4.79 Å². The van der Waals surface area contributed by atoms with Crippen molar-refractivity contribution in [2.24, 2.45) is 0 Å². The lowest BCUT2D eigenvalue weighted by molar-refractivity contribution is -0.120. The molecule has 0 unspecified atom stereocenters. The van der Waals surface area contributed by atoms with Gasteiger partial charge >= 0.3 is 0 Å². The summed E-state index contributed by atoms with van der Waals surface area (Å²) < 4.78 is 1.85. The molecule has 0 bridgehead atoms. The summed E-state index contributed by atoms with van der Waals surface area (Å²) in [4.78, 5) is 30.1. The zero-order valence-electron chi connectivity index (χ0n) is 11.7. The summed E-state index contributed by atoms with van der Waals surface area (Å²) in [6, 6.07) is 3.90. The van der Waals surface area contributed by atoms with Crippen LogP contribution < -0.4 is 0 Å². The first-order chi connectivity index (χ1) is 9.56. The van der Waals surface area contributed by atoms with Crippen molar-refractivity contribution in [2.45, 2.75) is 26.7 Å². The molecule has 1 saturated heterocycles. The zero-order chi connectivity index (χ0) is 14.3. The maximum absolute atomic E-state index is 12.7. The Kier molecular flexibility index (Phi) is 3.04. The Labute approximate surface area is 117 Å². The number of rotatable bonds is 1. The van der Waals surface area contributed by atoms with Gasteiger partial charge in [-0.3, -0.25) is 14.0 Å². The quantitative estimate of drug-likeness (QED) is 0.794. The number of pyridine rings is 1. The molecule has 0 aliphatic carbocycles. The molecule has 1 aliphatic rings. The molecule has 5 heteroatoms. The van der Waals surface area contributed by atoms with Crippen LogP contribution in [0.5, 0.6) is 0 Å². The molecule has 0 spiro atoms. The van der Waals surface area contributed by atoms with E-state index < -0.39 is 0 Å². The second kappa shape index (κ2) is 4.74. The van der Waals surface area contributed by atoms with Gasteiger partial charge in [0.2, 0.25) is 0 Å². The van der Waals surface area contributed by atoms with Crippen LogP contribution in [0.3, 0.4) is 0 Å². The fourth-order valence-corrected chi connectivity index (χ4v) is 2.64. The third-order valence-corrected chi connectivity index (χ3v) is 3.75. The highest BCUT2D eigenvalue weighted by Gasteiger charge is 2.25. The molecule has 0 atom stereocenters. The van der Waals surface area contributed by atoms with Crippen LogP contribution in [0.2, 0.25) is 0 Å². The van der Waals surface area contributed by atoms with Gasteiger partial charge in [-0.1, -0.05) is 6.07 Å². The number of ketones is 1. The third kappa shape index (κ3) is 2.09. The minimum atomic E-state index is -0.0342. The van der Waals surface area contributed by atoms with Crippen LogP contribution >= 0.6 is 0 Å². The van der Waals surface area contributed by atoms with E-state index in [1.807, 2.05) is 36.6 Å². The van der Waals surface area contributed by atoms with Crippen LogP contribution in [0.4, 0.5) is 0 Å². The van der Waals surface area contributed by atoms with E-state index in [1.165, 1.54) is 0 Å². The Balaban J connectivity index is 2.00. The van der Waals surface area contributed by atoms with Crippen molar-refractivity contribution in [3.63, 3.8) is 0 Å². The van der Waals surface area contributed by atoms with E-state index in [-0.39, 0.29) is 11.7 Å². The van der Waals surface area contributed by atoms with Crippen molar-refractivity contribution >= 4 is 17.3 Å². The Morgan fingerprint density at radius 2 is 1.90 bits per heavy atom. The number of carbonyl (C=O) groups is 2. The number of likely N-dealkylation sites (tertiary alicyclic amines) is 1. The highest BCUT2D eigenvalue weighted by Crippen LogP contribution is 2.17. The standard InChI is InChI=1S/C15H17N3O2/c1-10-3-4-13-16-11(2)14(18(13)9-10)15(20)17-7-5-12(19)6-8-17/h3-4,9H,5-8H2,1-2H3. The summed E-state index contributed by atoms with van der Waals surface area (Å²) in [5.74, 6) is 0.202. The topological polar surface area (TPSA) is 54.7 Å². The summed E-state index contributed by atoms with van der Waals surface area (Å²) >= 11 is 0. The number of aryl methyl sites for hydroxylation is 2. The van der Waals surface area contributed by atoms with E-state index >= 15 is 0 Å². The monoisotopic (exact) mass is 271 g/mol. The summed E-state index contributed by atoms with van der Waals surface area (Å²) in [6.07, 6.45) is 2.85. The van der Waals surface area contributed by atoms with Crippen LogP contribution in [0.15, 0.2) is 18.3 Å². The minimum absolute atomic E-state index is 0.0342. The van der Waals surface area contributed by atoms with E-state index in [4.69, 9.17) is 0 Å². The van der Waals surface area contributed by atoms with Gasteiger partial charge in [0.25, 0.3) is 5.91 Å². The molecule has 0 aromatic carbocycles. The molecular formula is C15H17N3O2. The molecule has 2 aromatic heterocycles. The smallest absolute Gasteiger partial charge is 0.272 e. The molecule has 20 heavy (non-hydrogen) atoms. The largest absolute Gasteiger partial charge is 0.336 e. The first kappa shape index (κ1) is 12.8. The van der Waals surface area contributed by atoms with Gasteiger partial charge in [0, 0.05) is 32.1 Å². The Morgan fingerprint density at radius 3 is 2.60 bits per heavy atom. The molecule has 1 fully saturated rings. The molecule has 2 aromatic rings. The number of fused-ring (bicyclic) bond motifs is 1. The van der Waals surface area contributed by atoms with Crippen LogP contribution in [0.25, 0.3) is 5.65 Å². The van der Waals surface area contributed by atoms with E-state index in [0.717, 1.165) is 16.9 Å². The average Bonchev–Trinajstić information content (AvgIpc) is 2.74. The number of amides is 1. The van der Waals surface area contributed by atoms with Crippen LogP contribution in [0, 0.1) is 13.8 Å². The summed E-state index contributed by atoms with van der Waals surface area (Å²) in [5.41, 5.74) is 3.21. The number of imidazole rings is 1. The number of hydrogen-bond acceptors (Lipinski definition) is 3. The number of carbonyl (C=O) groups excluding carboxylic acids is 2.